The molecule has 0 saturated heterocycles. The molecule has 0 bridgehead atoms. The minimum atomic E-state index is -0.332. The molecule has 0 aliphatic heterocycles. The van der Waals surface area contributed by atoms with Gasteiger partial charge in [0.25, 0.3) is 0 Å². The van der Waals surface area contributed by atoms with Crippen molar-refractivity contribution in [1.29, 1.82) is 0 Å². The third-order valence-corrected chi connectivity index (χ3v) is 4.48. The summed E-state index contributed by atoms with van der Waals surface area (Å²) >= 11 is 0. The molecule has 0 aliphatic rings. The zero-order chi connectivity index (χ0) is 20.8. The van der Waals surface area contributed by atoms with Gasteiger partial charge in [0.2, 0.25) is 17.1 Å². The summed E-state index contributed by atoms with van der Waals surface area (Å²) in [5.74, 6) is 0.630. The van der Waals surface area contributed by atoms with Crippen molar-refractivity contribution in [2.24, 2.45) is 0 Å². The second kappa shape index (κ2) is 9.08. The number of pyridine rings is 1. The van der Waals surface area contributed by atoms with Gasteiger partial charge in [-0.1, -0.05) is 17.3 Å². The fourth-order valence-electron chi connectivity index (χ4n) is 2.99. The van der Waals surface area contributed by atoms with Gasteiger partial charge >= 0.3 is 5.97 Å². The zero-order valence-electron chi connectivity index (χ0n) is 16.1. The number of aryl methyl sites for hydroxylation is 2. The van der Waals surface area contributed by atoms with Crippen LogP contribution in [0.25, 0.3) is 22.3 Å². The average molecular weight is 405 g/mol. The van der Waals surface area contributed by atoms with E-state index in [1.165, 1.54) is 6.20 Å². The lowest BCUT2D eigenvalue weighted by Gasteiger charge is -2.09. The Hall–Kier alpha value is -3.88. The van der Waals surface area contributed by atoms with Crippen LogP contribution in [0.4, 0.5) is 0 Å². The number of hydrogen-bond donors (Lipinski definition) is 0. The maximum atomic E-state index is 12.0. The van der Waals surface area contributed by atoms with Crippen LogP contribution in [-0.2, 0) is 22.5 Å². The van der Waals surface area contributed by atoms with E-state index in [1.807, 2.05) is 12.1 Å². The van der Waals surface area contributed by atoms with Crippen molar-refractivity contribution in [1.82, 2.24) is 24.9 Å². The van der Waals surface area contributed by atoms with E-state index in [4.69, 9.17) is 9.26 Å². The molecule has 152 valence electrons. The van der Waals surface area contributed by atoms with Crippen molar-refractivity contribution in [2.75, 3.05) is 6.61 Å². The third-order valence-electron chi connectivity index (χ3n) is 4.48. The van der Waals surface area contributed by atoms with Crippen molar-refractivity contribution in [3.63, 3.8) is 0 Å². The highest BCUT2D eigenvalue weighted by molar-refractivity contribution is 5.78. The summed E-state index contributed by atoms with van der Waals surface area (Å²) in [6.45, 7) is 0.583. The van der Waals surface area contributed by atoms with Gasteiger partial charge < -0.3 is 9.26 Å². The van der Waals surface area contributed by atoms with E-state index in [0.29, 0.717) is 42.0 Å². The summed E-state index contributed by atoms with van der Waals surface area (Å²) in [4.78, 5) is 32.2. The SMILES string of the molecule is O=C(CCn1ncc(=O)c2ccccc21)OCCCc1nc(-c2cccnc2)no1. The lowest BCUT2D eigenvalue weighted by molar-refractivity contribution is -0.144. The smallest absolute Gasteiger partial charge is 0.307 e. The van der Waals surface area contributed by atoms with Crippen LogP contribution < -0.4 is 5.43 Å². The Bertz CT molecular complexity index is 1200. The molecule has 0 fully saturated rings. The predicted molar refractivity (Wildman–Crippen MR) is 107 cm³/mol. The summed E-state index contributed by atoms with van der Waals surface area (Å²) in [6, 6.07) is 10.8. The van der Waals surface area contributed by atoms with Crippen LogP contribution in [0.5, 0.6) is 0 Å². The van der Waals surface area contributed by atoms with E-state index in [-0.39, 0.29) is 24.4 Å². The molecule has 1 aromatic carbocycles. The summed E-state index contributed by atoms with van der Waals surface area (Å²) in [7, 11) is 0. The van der Waals surface area contributed by atoms with Crippen LogP contribution in [0.15, 0.2) is 64.3 Å². The molecule has 0 amide bonds. The van der Waals surface area contributed by atoms with Gasteiger partial charge in [-0.3, -0.25) is 19.3 Å². The number of carbonyl (C=O) groups excluding carboxylic acids is 1. The average Bonchev–Trinajstić information content (AvgIpc) is 3.26. The molecule has 0 radical (unpaired) electrons. The molecular formula is C21H19N5O4. The first-order valence-electron chi connectivity index (χ1n) is 9.54. The molecule has 0 atom stereocenters. The van der Waals surface area contributed by atoms with Crippen molar-refractivity contribution >= 4 is 16.9 Å². The van der Waals surface area contributed by atoms with Crippen LogP contribution in [0, 0.1) is 0 Å². The van der Waals surface area contributed by atoms with Gasteiger partial charge in [-0.25, -0.2) is 0 Å². The Morgan fingerprint density at radius 2 is 2.03 bits per heavy atom. The number of hydrogen-bond acceptors (Lipinski definition) is 8. The minimum Gasteiger partial charge on any atom is -0.466 e. The van der Waals surface area contributed by atoms with Crippen LogP contribution in [0.1, 0.15) is 18.7 Å². The Kier molecular flexibility index (Phi) is 5.88. The number of rotatable bonds is 8. The Labute approximate surface area is 171 Å². The van der Waals surface area contributed by atoms with Gasteiger partial charge in [0, 0.05) is 29.8 Å². The van der Waals surface area contributed by atoms with Gasteiger partial charge in [-0.2, -0.15) is 10.1 Å². The second-order valence-electron chi connectivity index (χ2n) is 6.58. The minimum absolute atomic E-state index is 0.142. The van der Waals surface area contributed by atoms with Crippen LogP contribution >= 0.6 is 0 Å². The van der Waals surface area contributed by atoms with E-state index >= 15 is 0 Å². The van der Waals surface area contributed by atoms with Crippen molar-refractivity contribution < 1.29 is 14.1 Å². The third kappa shape index (κ3) is 4.57. The molecule has 9 nitrogen and oxygen atoms in total. The van der Waals surface area contributed by atoms with E-state index in [1.54, 1.807) is 41.3 Å². The first-order chi connectivity index (χ1) is 14.7. The molecular weight excluding hydrogens is 386 g/mol. The highest BCUT2D eigenvalue weighted by Gasteiger charge is 2.10. The number of benzene rings is 1. The first-order valence-corrected chi connectivity index (χ1v) is 9.54. The molecule has 4 aromatic rings. The highest BCUT2D eigenvalue weighted by Crippen LogP contribution is 2.14. The monoisotopic (exact) mass is 405 g/mol. The first kappa shape index (κ1) is 19.4. The zero-order valence-corrected chi connectivity index (χ0v) is 16.1. The van der Waals surface area contributed by atoms with Gasteiger partial charge in [0.15, 0.2) is 0 Å². The summed E-state index contributed by atoms with van der Waals surface area (Å²) in [6.07, 6.45) is 5.83. The molecule has 0 saturated carbocycles. The van der Waals surface area contributed by atoms with Gasteiger partial charge in [0.05, 0.1) is 31.3 Å². The predicted octanol–water partition coefficient (Wildman–Crippen LogP) is 2.41. The molecule has 0 spiro atoms. The summed E-state index contributed by atoms with van der Waals surface area (Å²) in [5, 5.41) is 8.61. The number of esters is 1. The van der Waals surface area contributed by atoms with Crippen LogP contribution in [0.2, 0.25) is 0 Å². The maximum Gasteiger partial charge on any atom is 0.307 e. The summed E-state index contributed by atoms with van der Waals surface area (Å²) in [5.41, 5.74) is 1.33. The number of fused-ring (bicyclic) bond motifs is 1. The maximum absolute atomic E-state index is 12.0. The van der Waals surface area contributed by atoms with Crippen molar-refractivity contribution in [2.45, 2.75) is 25.8 Å². The van der Waals surface area contributed by atoms with Crippen LogP contribution in [0.3, 0.4) is 0 Å². The fraction of sp³-hybridized carbons (Fsp3) is 0.238. The number of ether oxygens (including phenoxy) is 1. The molecule has 0 N–H and O–H groups in total. The molecule has 0 aliphatic carbocycles. The van der Waals surface area contributed by atoms with E-state index < -0.39 is 0 Å². The molecule has 0 unspecified atom stereocenters. The number of para-hydroxylation sites is 1. The number of carbonyl (C=O) groups is 1. The molecule has 30 heavy (non-hydrogen) atoms. The quantitative estimate of drug-likeness (QED) is 0.324. The Morgan fingerprint density at radius 3 is 2.90 bits per heavy atom. The number of aromatic nitrogens is 5. The van der Waals surface area contributed by atoms with E-state index in [0.717, 1.165) is 5.56 Å². The van der Waals surface area contributed by atoms with Crippen molar-refractivity contribution in [3.05, 3.63) is 71.1 Å². The van der Waals surface area contributed by atoms with Gasteiger partial charge in [-0.05, 0) is 30.7 Å². The van der Waals surface area contributed by atoms with Crippen LogP contribution in [-0.4, -0.2) is 37.5 Å². The highest BCUT2D eigenvalue weighted by atomic mass is 16.5. The molecule has 4 rings (SSSR count). The van der Waals surface area contributed by atoms with E-state index in [9.17, 15) is 9.59 Å². The molecule has 3 aromatic heterocycles. The second-order valence-corrected chi connectivity index (χ2v) is 6.58. The Morgan fingerprint density at radius 1 is 1.13 bits per heavy atom. The number of nitrogens with zero attached hydrogens (tertiary/aromatic N) is 5. The van der Waals surface area contributed by atoms with E-state index in [2.05, 4.69) is 20.2 Å². The standard InChI is InChI=1S/C21H19N5O4/c27-18-14-23-26(17-7-2-1-6-16(17)18)11-9-20(28)29-12-4-8-19-24-21(25-30-19)15-5-3-10-22-13-15/h1-3,5-7,10,13-14H,4,8-9,11-12H2. The lowest BCUT2D eigenvalue weighted by Crippen LogP contribution is -2.15. The molecule has 3 heterocycles. The largest absolute Gasteiger partial charge is 0.466 e. The topological polar surface area (TPSA) is 113 Å². The van der Waals surface area contributed by atoms with Crippen molar-refractivity contribution in [3.8, 4) is 11.4 Å². The van der Waals surface area contributed by atoms with Gasteiger partial charge in [-0.15, -0.1) is 0 Å². The fourth-order valence-corrected chi connectivity index (χ4v) is 2.99. The molecule has 9 heteroatoms. The van der Waals surface area contributed by atoms with Gasteiger partial charge in [0.1, 0.15) is 0 Å². The normalized spacial score (nSPS) is 10.9. The lowest BCUT2D eigenvalue weighted by atomic mass is 10.2. The Balaban J connectivity index is 1.23. The summed E-state index contributed by atoms with van der Waals surface area (Å²) < 4.78 is 12.1.